The number of nitrogens with one attached hydrogen (secondary N) is 1. The van der Waals surface area contributed by atoms with Crippen LogP contribution in [0.15, 0.2) is 15.9 Å². The molecule has 0 saturated carbocycles. The maximum absolute atomic E-state index is 11.1. The monoisotopic (exact) mass is 244 g/mol. The highest BCUT2D eigenvalue weighted by atomic mass is 79.9. The predicted octanol–water partition coefficient (Wildman–Crippen LogP) is 1.76. The molecule has 0 spiro atoms. The predicted molar refractivity (Wildman–Crippen MR) is 50.0 cm³/mol. The maximum atomic E-state index is 11.1. The Morgan fingerprint density at radius 1 is 1.83 bits per heavy atom. The second-order valence-electron chi connectivity index (χ2n) is 1.97. The van der Waals surface area contributed by atoms with Gasteiger partial charge in [0.15, 0.2) is 0 Å². The van der Waals surface area contributed by atoms with Gasteiger partial charge in [0.1, 0.15) is 6.54 Å². The lowest BCUT2D eigenvalue weighted by atomic mass is 10.4. The number of rotatable bonds is 2. The van der Waals surface area contributed by atoms with Crippen molar-refractivity contribution in [2.45, 2.75) is 0 Å². The largest absolute Gasteiger partial charge is 0.338 e. The summed E-state index contributed by atoms with van der Waals surface area (Å²) in [5.41, 5.74) is 0. The van der Waals surface area contributed by atoms with E-state index >= 15 is 0 Å². The Labute approximate surface area is 82.1 Å². The van der Waals surface area contributed by atoms with E-state index in [0.29, 0.717) is 4.88 Å². The average molecular weight is 245 g/mol. The fourth-order valence-electron chi connectivity index (χ4n) is 0.639. The summed E-state index contributed by atoms with van der Waals surface area (Å²) < 4.78 is 0.884. The van der Waals surface area contributed by atoms with E-state index in [4.69, 9.17) is 5.26 Å². The van der Waals surface area contributed by atoms with Crippen LogP contribution >= 0.6 is 27.3 Å². The van der Waals surface area contributed by atoms with Gasteiger partial charge >= 0.3 is 0 Å². The van der Waals surface area contributed by atoms with E-state index in [1.807, 2.05) is 11.4 Å². The van der Waals surface area contributed by atoms with Gasteiger partial charge in [0.2, 0.25) is 0 Å². The molecule has 1 N–H and O–H groups in total. The van der Waals surface area contributed by atoms with E-state index in [-0.39, 0.29) is 12.5 Å². The van der Waals surface area contributed by atoms with Crippen molar-refractivity contribution in [3.8, 4) is 6.07 Å². The van der Waals surface area contributed by atoms with Crippen LogP contribution in [0, 0.1) is 11.3 Å². The third kappa shape index (κ3) is 2.32. The Kier molecular flexibility index (Phi) is 3.26. The van der Waals surface area contributed by atoms with Crippen molar-refractivity contribution >= 4 is 33.2 Å². The highest BCUT2D eigenvalue weighted by Crippen LogP contribution is 2.19. The Morgan fingerprint density at radius 2 is 2.58 bits per heavy atom. The number of carbonyl (C=O) groups excluding carboxylic acids is 1. The minimum absolute atomic E-state index is 0.0500. The topological polar surface area (TPSA) is 52.9 Å². The van der Waals surface area contributed by atoms with Gasteiger partial charge in [0.05, 0.1) is 10.9 Å². The van der Waals surface area contributed by atoms with E-state index in [1.165, 1.54) is 11.3 Å². The van der Waals surface area contributed by atoms with E-state index in [1.54, 1.807) is 6.07 Å². The lowest BCUT2D eigenvalue weighted by molar-refractivity contribution is 0.0962. The number of nitrogens with zero attached hydrogens (tertiary/aromatic N) is 1. The lowest BCUT2D eigenvalue weighted by Crippen LogP contribution is -2.22. The molecule has 12 heavy (non-hydrogen) atoms. The van der Waals surface area contributed by atoms with E-state index in [0.717, 1.165) is 4.47 Å². The minimum Gasteiger partial charge on any atom is -0.338 e. The van der Waals surface area contributed by atoms with Crippen LogP contribution in [0.2, 0.25) is 0 Å². The lowest BCUT2D eigenvalue weighted by Gasteiger charge is -1.94. The zero-order valence-electron chi connectivity index (χ0n) is 6.00. The van der Waals surface area contributed by atoms with Crippen molar-refractivity contribution in [3.63, 3.8) is 0 Å². The zero-order valence-corrected chi connectivity index (χ0v) is 8.41. The van der Waals surface area contributed by atoms with Gasteiger partial charge in [-0.15, -0.1) is 11.3 Å². The molecule has 0 aliphatic rings. The summed E-state index contributed by atoms with van der Waals surface area (Å²) >= 11 is 4.57. The molecule has 3 nitrogen and oxygen atoms in total. The van der Waals surface area contributed by atoms with Gasteiger partial charge in [0, 0.05) is 9.85 Å². The third-order valence-electron chi connectivity index (χ3n) is 1.12. The van der Waals surface area contributed by atoms with Crippen LogP contribution in [-0.2, 0) is 0 Å². The van der Waals surface area contributed by atoms with E-state index < -0.39 is 0 Å². The summed E-state index contributed by atoms with van der Waals surface area (Å²) in [4.78, 5) is 11.8. The molecular weight excluding hydrogens is 240 g/mol. The van der Waals surface area contributed by atoms with Gasteiger partial charge in [-0.05, 0) is 22.0 Å². The van der Waals surface area contributed by atoms with Crippen molar-refractivity contribution in [2.24, 2.45) is 0 Å². The van der Waals surface area contributed by atoms with Crippen LogP contribution in [0.4, 0.5) is 0 Å². The van der Waals surface area contributed by atoms with Crippen molar-refractivity contribution in [1.29, 1.82) is 5.26 Å². The molecule has 1 aromatic heterocycles. The number of amides is 1. The van der Waals surface area contributed by atoms with E-state index in [2.05, 4.69) is 21.2 Å². The van der Waals surface area contributed by atoms with Gasteiger partial charge < -0.3 is 5.32 Å². The first-order valence-corrected chi connectivity index (χ1v) is 4.80. The molecule has 0 aromatic carbocycles. The number of carbonyl (C=O) groups is 1. The normalized spacial score (nSPS) is 9.00. The van der Waals surface area contributed by atoms with Crippen molar-refractivity contribution in [3.05, 3.63) is 20.8 Å². The van der Waals surface area contributed by atoms with Crippen molar-refractivity contribution < 1.29 is 4.79 Å². The van der Waals surface area contributed by atoms with Crippen LogP contribution in [0.1, 0.15) is 9.67 Å². The zero-order chi connectivity index (χ0) is 8.97. The average Bonchev–Trinajstić information content (AvgIpc) is 2.47. The number of nitriles is 1. The first-order valence-electron chi connectivity index (χ1n) is 3.13. The molecular formula is C7H5BrN2OS. The molecule has 1 amide bonds. The molecule has 5 heteroatoms. The Hall–Kier alpha value is -0.860. The molecule has 0 fully saturated rings. The Bertz CT molecular complexity index is 328. The second kappa shape index (κ2) is 4.24. The molecule has 0 aliphatic carbocycles. The number of hydrogen-bond donors (Lipinski definition) is 1. The number of halogens is 1. The Morgan fingerprint density at radius 3 is 3.08 bits per heavy atom. The smallest absolute Gasteiger partial charge is 0.262 e. The van der Waals surface area contributed by atoms with Crippen molar-refractivity contribution in [1.82, 2.24) is 5.32 Å². The minimum atomic E-state index is -0.202. The quantitative estimate of drug-likeness (QED) is 0.807. The van der Waals surface area contributed by atoms with Gasteiger partial charge in [-0.1, -0.05) is 0 Å². The second-order valence-corrected chi connectivity index (χ2v) is 3.80. The summed E-state index contributed by atoms with van der Waals surface area (Å²) in [6.45, 7) is 0.0500. The summed E-state index contributed by atoms with van der Waals surface area (Å²) in [5.74, 6) is -0.202. The maximum Gasteiger partial charge on any atom is 0.262 e. The van der Waals surface area contributed by atoms with Crippen LogP contribution in [0.3, 0.4) is 0 Å². The Balaban J connectivity index is 2.61. The first-order chi connectivity index (χ1) is 5.74. The van der Waals surface area contributed by atoms with Crippen LogP contribution in [0.25, 0.3) is 0 Å². The van der Waals surface area contributed by atoms with Gasteiger partial charge in [0.25, 0.3) is 5.91 Å². The molecule has 1 heterocycles. The highest BCUT2D eigenvalue weighted by molar-refractivity contribution is 9.10. The standard InChI is InChI=1S/C7H5BrN2OS/c8-5-3-6(12-4-5)7(11)10-2-1-9/h3-4H,2H2,(H,10,11). The van der Waals surface area contributed by atoms with Gasteiger partial charge in [-0.2, -0.15) is 5.26 Å². The molecule has 0 unspecified atom stereocenters. The van der Waals surface area contributed by atoms with Crippen LogP contribution in [-0.4, -0.2) is 12.5 Å². The SMILES string of the molecule is N#CCNC(=O)c1cc(Br)cs1. The highest BCUT2D eigenvalue weighted by Gasteiger charge is 2.06. The van der Waals surface area contributed by atoms with Crippen LogP contribution in [0.5, 0.6) is 0 Å². The fourth-order valence-corrected chi connectivity index (χ4v) is 1.98. The molecule has 0 atom stereocenters. The van der Waals surface area contributed by atoms with Crippen molar-refractivity contribution in [2.75, 3.05) is 6.54 Å². The summed E-state index contributed by atoms with van der Waals surface area (Å²) in [6.07, 6.45) is 0. The first kappa shape index (κ1) is 9.23. The molecule has 0 aliphatic heterocycles. The molecule has 1 aromatic rings. The molecule has 1 rings (SSSR count). The third-order valence-corrected chi connectivity index (χ3v) is 2.81. The molecule has 62 valence electrons. The summed E-state index contributed by atoms with van der Waals surface area (Å²) in [7, 11) is 0. The van der Waals surface area contributed by atoms with Crippen LogP contribution < -0.4 is 5.32 Å². The summed E-state index contributed by atoms with van der Waals surface area (Å²) in [5, 5.41) is 12.5. The molecule has 0 bridgehead atoms. The van der Waals surface area contributed by atoms with E-state index in [9.17, 15) is 4.79 Å². The fraction of sp³-hybridized carbons (Fsp3) is 0.143. The summed E-state index contributed by atoms with van der Waals surface area (Å²) in [6, 6.07) is 3.56. The van der Waals surface area contributed by atoms with Gasteiger partial charge in [-0.25, -0.2) is 0 Å². The molecule has 0 radical (unpaired) electrons. The van der Waals surface area contributed by atoms with Gasteiger partial charge in [-0.3, -0.25) is 4.79 Å². The number of hydrogen-bond acceptors (Lipinski definition) is 3. The molecule has 0 saturated heterocycles. The number of thiophene rings is 1.